The van der Waals surface area contributed by atoms with E-state index >= 15 is 8.78 Å². The quantitative estimate of drug-likeness (QED) is 0.296. The topological polar surface area (TPSA) is 93.7 Å². The molecule has 0 unspecified atom stereocenters. The zero-order valence-electron chi connectivity index (χ0n) is 21.7. The Morgan fingerprint density at radius 2 is 1.67 bits per heavy atom. The number of hydrogen-bond donors (Lipinski definition) is 2. The van der Waals surface area contributed by atoms with Gasteiger partial charge in [0.25, 0.3) is 5.91 Å². The average Bonchev–Trinajstić information content (AvgIpc) is 3.56. The maximum absolute atomic E-state index is 15.2. The molecule has 0 saturated carbocycles. The van der Waals surface area contributed by atoms with Crippen molar-refractivity contribution in [2.24, 2.45) is 0 Å². The lowest BCUT2D eigenvalue weighted by molar-refractivity contribution is 0.102. The molecule has 2 aromatic carbocycles. The molecule has 0 bridgehead atoms. The molecule has 2 N–H and O–H groups in total. The SMILES string of the molecule is CCc1c(C(O)(c2ccccc2F)c2ccccc2F)cc2cc(OC)c(C(=O)Nc3ncn(CC)n3)cn12. The Hall–Kier alpha value is -4.57. The molecule has 8 nitrogen and oxygen atoms in total. The summed E-state index contributed by atoms with van der Waals surface area (Å²) in [5.74, 6) is -1.46. The number of amides is 1. The standard InChI is InChI=1S/C29H27F2N5O3/c1-4-25-22(29(38,20-10-6-8-12-23(20)30)21-11-7-9-13-24(21)31)14-18-15-26(39-3)19(16-36(18)25)27(37)33-28-32-17-35(5-2)34-28/h6-17,38H,4-5H2,1-3H3,(H,33,34,37). The number of methoxy groups -OCH3 is 1. The maximum Gasteiger partial charge on any atom is 0.263 e. The number of benzene rings is 2. The first-order valence-electron chi connectivity index (χ1n) is 12.5. The van der Waals surface area contributed by atoms with Crippen molar-refractivity contribution in [3.05, 3.63) is 113 Å². The van der Waals surface area contributed by atoms with E-state index in [2.05, 4.69) is 15.4 Å². The number of carbonyl (C=O) groups is 1. The second-order valence-electron chi connectivity index (χ2n) is 8.96. The fraction of sp³-hybridized carbons (Fsp3) is 0.207. The summed E-state index contributed by atoms with van der Waals surface area (Å²) in [6, 6.07) is 14.8. The molecule has 0 radical (unpaired) electrons. The maximum atomic E-state index is 15.2. The van der Waals surface area contributed by atoms with Crippen molar-refractivity contribution in [2.75, 3.05) is 12.4 Å². The number of nitrogens with zero attached hydrogens (tertiary/aromatic N) is 4. The minimum absolute atomic E-state index is 0.0942. The van der Waals surface area contributed by atoms with Gasteiger partial charge in [-0.1, -0.05) is 43.3 Å². The van der Waals surface area contributed by atoms with Crippen LogP contribution in [0.3, 0.4) is 0 Å². The Labute approximate surface area is 223 Å². The highest BCUT2D eigenvalue weighted by Gasteiger charge is 2.41. The molecule has 0 saturated heterocycles. The summed E-state index contributed by atoms with van der Waals surface area (Å²) in [7, 11) is 1.44. The minimum Gasteiger partial charge on any atom is -0.496 e. The van der Waals surface area contributed by atoms with Gasteiger partial charge in [-0.2, -0.15) is 0 Å². The van der Waals surface area contributed by atoms with Crippen LogP contribution in [0.15, 0.2) is 73.2 Å². The number of carbonyl (C=O) groups excluding carboxylic acids is 1. The normalized spacial score (nSPS) is 11.6. The Balaban J connectivity index is 1.72. The molecule has 0 aliphatic carbocycles. The van der Waals surface area contributed by atoms with Crippen molar-refractivity contribution < 1.29 is 23.4 Å². The third-order valence-electron chi connectivity index (χ3n) is 6.78. The molecular weight excluding hydrogens is 504 g/mol. The Bertz CT molecular complexity index is 1630. The molecule has 5 aromatic rings. The molecule has 3 heterocycles. The first kappa shape index (κ1) is 26.1. The van der Waals surface area contributed by atoms with Gasteiger partial charge in [0.05, 0.1) is 12.7 Å². The fourth-order valence-corrected chi connectivity index (χ4v) is 4.89. The monoisotopic (exact) mass is 531 g/mol. The van der Waals surface area contributed by atoms with Crippen LogP contribution in [-0.4, -0.2) is 37.3 Å². The van der Waals surface area contributed by atoms with Gasteiger partial charge in [-0.05, 0) is 31.5 Å². The van der Waals surface area contributed by atoms with Gasteiger partial charge in [0.15, 0.2) is 0 Å². The molecule has 3 aromatic heterocycles. The molecule has 5 rings (SSSR count). The van der Waals surface area contributed by atoms with Crippen molar-refractivity contribution in [1.82, 2.24) is 19.2 Å². The molecule has 1 amide bonds. The summed E-state index contributed by atoms with van der Waals surface area (Å²) >= 11 is 0. The van der Waals surface area contributed by atoms with Crippen LogP contribution in [0.25, 0.3) is 5.52 Å². The number of hydrogen-bond acceptors (Lipinski definition) is 5. The van der Waals surface area contributed by atoms with Crippen molar-refractivity contribution in [3.63, 3.8) is 0 Å². The number of ether oxygens (including phenoxy) is 1. The van der Waals surface area contributed by atoms with E-state index in [0.717, 1.165) is 0 Å². The number of fused-ring (bicyclic) bond motifs is 1. The second-order valence-corrected chi connectivity index (χ2v) is 8.96. The smallest absolute Gasteiger partial charge is 0.263 e. The Morgan fingerprint density at radius 3 is 2.21 bits per heavy atom. The lowest BCUT2D eigenvalue weighted by Crippen LogP contribution is -2.32. The highest BCUT2D eigenvalue weighted by atomic mass is 19.1. The van der Waals surface area contributed by atoms with Crippen LogP contribution in [0.1, 0.15) is 46.6 Å². The van der Waals surface area contributed by atoms with Gasteiger partial charge in [0.2, 0.25) is 5.95 Å². The number of aliphatic hydroxyl groups is 1. The van der Waals surface area contributed by atoms with Crippen molar-refractivity contribution >= 4 is 17.4 Å². The van der Waals surface area contributed by atoms with Crippen LogP contribution in [-0.2, 0) is 18.6 Å². The minimum atomic E-state index is -2.17. The molecule has 0 fully saturated rings. The molecule has 0 aliphatic rings. The zero-order chi connectivity index (χ0) is 27.7. The van der Waals surface area contributed by atoms with E-state index in [1.165, 1.54) is 49.8 Å². The molecule has 0 atom stereocenters. The van der Waals surface area contributed by atoms with Gasteiger partial charge in [-0.15, -0.1) is 5.10 Å². The van der Waals surface area contributed by atoms with Gasteiger partial charge >= 0.3 is 0 Å². The fourth-order valence-electron chi connectivity index (χ4n) is 4.89. The van der Waals surface area contributed by atoms with Gasteiger partial charge in [-0.25, -0.2) is 13.8 Å². The van der Waals surface area contributed by atoms with Crippen molar-refractivity contribution in [1.29, 1.82) is 0 Å². The van der Waals surface area contributed by atoms with Crippen molar-refractivity contribution in [2.45, 2.75) is 32.4 Å². The van der Waals surface area contributed by atoms with Crippen LogP contribution in [0.5, 0.6) is 5.75 Å². The Morgan fingerprint density at radius 1 is 1.03 bits per heavy atom. The van der Waals surface area contributed by atoms with E-state index < -0.39 is 23.1 Å². The van der Waals surface area contributed by atoms with Crippen molar-refractivity contribution in [3.8, 4) is 5.75 Å². The largest absolute Gasteiger partial charge is 0.496 e. The van der Waals surface area contributed by atoms with E-state index in [1.54, 1.807) is 39.5 Å². The molecule has 39 heavy (non-hydrogen) atoms. The van der Waals surface area contributed by atoms with E-state index in [9.17, 15) is 9.90 Å². The third-order valence-corrected chi connectivity index (χ3v) is 6.78. The van der Waals surface area contributed by atoms with E-state index in [0.29, 0.717) is 24.2 Å². The number of nitrogens with one attached hydrogen (secondary N) is 1. The number of halogens is 2. The number of aromatic nitrogens is 4. The predicted molar refractivity (Wildman–Crippen MR) is 142 cm³/mol. The van der Waals surface area contributed by atoms with Crippen LogP contribution in [0.2, 0.25) is 0 Å². The zero-order valence-corrected chi connectivity index (χ0v) is 21.7. The summed E-state index contributed by atoms with van der Waals surface area (Å²) in [4.78, 5) is 17.3. The van der Waals surface area contributed by atoms with E-state index in [1.807, 2.05) is 13.8 Å². The molecule has 0 aliphatic heterocycles. The van der Waals surface area contributed by atoms with Crippen LogP contribution in [0, 0.1) is 11.6 Å². The lowest BCUT2D eigenvalue weighted by Gasteiger charge is -2.31. The summed E-state index contributed by atoms with van der Waals surface area (Å²) in [6.07, 6.45) is 3.46. The molecule has 200 valence electrons. The number of anilines is 1. The molecule has 10 heteroatoms. The molecule has 0 spiro atoms. The predicted octanol–water partition coefficient (Wildman–Crippen LogP) is 4.94. The number of rotatable bonds is 8. The van der Waals surface area contributed by atoms with Crippen LogP contribution < -0.4 is 10.1 Å². The first-order chi connectivity index (χ1) is 18.8. The van der Waals surface area contributed by atoms with Crippen LogP contribution >= 0.6 is 0 Å². The van der Waals surface area contributed by atoms with E-state index in [-0.39, 0.29) is 34.0 Å². The average molecular weight is 532 g/mol. The summed E-state index contributed by atoms with van der Waals surface area (Å²) < 4.78 is 39.3. The second kappa shape index (κ2) is 10.3. The summed E-state index contributed by atoms with van der Waals surface area (Å²) in [6.45, 7) is 4.35. The van der Waals surface area contributed by atoms with Gasteiger partial charge < -0.3 is 14.2 Å². The number of pyridine rings is 1. The van der Waals surface area contributed by atoms with Gasteiger partial charge in [0.1, 0.15) is 29.3 Å². The molecular formula is C29H27F2N5O3. The van der Waals surface area contributed by atoms with Gasteiger partial charge in [0, 0.05) is 46.7 Å². The van der Waals surface area contributed by atoms with Crippen LogP contribution in [0.4, 0.5) is 14.7 Å². The highest BCUT2D eigenvalue weighted by molar-refractivity contribution is 6.05. The van der Waals surface area contributed by atoms with E-state index in [4.69, 9.17) is 4.74 Å². The highest BCUT2D eigenvalue weighted by Crippen LogP contribution is 2.42. The number of aryl methyl sites for hydroxylation is 2. The Kier molecular flexibility index (Phi) is 6.88. The summed E-state index contributed by atoms with van der Waals surface area (Å²) in [5, 5.41) is 19.2. The third kappa shape index (κ3) is 4.42. The van der Waals surface area contributed by atoms with Gasteiger partial charge in [-0.3, -0.25) is 14.8 Å². The summed E-state index contributed by atoms with van der Waals surface area (Å²) in [5.41, 5.74) is -0.760. The first-order valence-corrected chi connectivity index (χ1v) is 12.5. The lowest BCUT2D eigenvalue weighted by atomic mass is 9.79.